The smallest absolute Gasteiger partial charge is 0.196 e. The largest absolute Gasteiger partial charge is 0.354 e. The molecule has 4 heterocycles. The second-order valence-electron chi connectivity index (χ2n) is 6.44. The second kappa shape index (κ2) is 7.35. The number of fused-ring (bicyclic) bond motifs is 1. The lowest BCUT2D eigenvalue weighted by Crippen LogP contribution is -2.27. The molecular weight excluding hydrogens is 382 g/mol. The molecule has 0 aliphatic carbocycles. The number of halogens is 1. The molecular formula is C18H18ClN7S. The molecule has 138 valence electrons. The summed E-state index contributed by atoms with van der Waals surface area (Å²) in [5.41, 5.74) is 8.26. The van der Waals surface area contributed by atoms with Gasteiger partial charge in [0, 0.05) is 42.1 Å². The third kappa shape index (κ3) is 3.46. The van der Waals surface area contributed by atoms with Gasteiger partial charge in [-0.25, -0.2) is 9.97 Å². The van der Waals surface area contributed by atoms with Gasteiger partial charge in [-0.3, -0.25) is 4.98 Å². The van der Waals surface area contributed by atoms with Crippen LogP contribution in [-0.4, -0.2) is 39.1 Å². The maximum atomic E-state index is 9.07. The minimum atomic E-state index is 0.131. The summed E-state index contributed by atoms with van der Waals surface area (Å²) >= 11 is 7.98. The van der Waals surface area contributed by atoms with Gasteiger partial charge in [0.15, 0.2) is 5.16 Å². The van der Waals surface area contributed by atoms with Gasteiger partial charge in [-0.1, -0.05) is 18.5 Å². The molecule has 3 aromatic heterocycles. The molecule has 1 atom stereocenters. The van der Waals surface area contributed by atoms with Gasteiger partial charge in [0.1, 0.15) is 17.5 Å². The van der Waals surface area contributed by atoms with Gasteiger partial charge in [0.2, 0.25) is 0 Å². The van der Waals surface area contributed by atoms with Crippen LogP contribution >= 0.6 is 23.4 Å². The molecule has 1 aliphatic heterocycles. The lowest BCUT2D eigenvalue weighted by Gasteiger charge is -2.18. The van der Waals surface area contributed by atoms with Gasteiger partial charge in [-0.2, -0.15) is 5.26 Å². The maximum Gasteiger partial charge on any atom is 0.196 e. The van der Waals surface area contributed by atoms with Gasteiger partial charge in [-0.15, -0.1) is 0 Å². The van der Waals surface area contributed by atoms with E-state index in [0.717, 1.165) is 47.7 Å². The Bertz CT molecular complexity index is 1040. The zero-order valence-electron chi connectivity index (χ0n) is 14.7. The molecule has 0 amide bonds. The van der Waals surface area contributed by atoms with Crippen LogP contribution in [0.15, 0.2) is 28.5 Å². The zero-order valence-corrected chi connectivity index (χ0v) is 16.3. The van der Waals surface area contributed by atoms with Crippen molar-refractivity contribution in [2.75, 3.05) is 18.0 Å². The van der Waals surface area contributed by atoms with E-state index >= 15 is 0 Å². The second-order valence-corrected chi connectivity index (χ2v) is 7.86. The number of nitriles is 1. The summed E-state index contributed by atoms with van der Waals surface area (Å²) in [5.74, 6) is 0.806. The lowest BCUT2D eigenvalue weighted by molar-refractivity contribution is 0.751. The van der Waals surface area contributed by atoms with Crippen LogP contribution in [0.5, 0.6) is 0 Å². The van der Waals surface area contributed by atoms with Crippen LogP contribution < -0.4 is 10.6 Å². The van der Waals surface area contributed by atoms with Gasteiger partial charge >= 0.3 is 0 Å². The van der Waals surface area contributed by atoms with Crippen LogP contribution in [0, 0.1) is 11.3 Å². The van der Waals surface area contributed by atoms with E-state index in [-0.39, 0.29) is 6.04 Å². The Morgan fingerprint density at radius 2 is 2.30 bits per heavy atom. The fourth-order valence-electron chi connectivity index (χ4n) is 3.21. The Kier molecular flexibility index (Phi) is 4.91. The third-order valence-corrected chi connectivity index (χ3v) is 5.79. The number of hydrogen-bond acceptors (Lipinski definition) is 7. The predicted octanol–water partition coefficient (Wildman–Crippen LogP) is 3.13. The summed E-state index contributed by atoms with van der Waals surface area (Å²) in [6, 6.07) is 4.00. The standard InChI is InChI=1S/C18H18ClN7S/c1-2-13-15(19)14-16(23-13)24-18(25-17(14)26-4-3-11(21)9-26)27-12-5-10(6-20)7-22-8-12/h5,7-8,11H,2-4,9,21H2,1H3,(H,23,24,25)/t11-/m1/s1. The van der Waals surface area contributed by atoms with Crippen molar-refractivity contribution in [3.8, 4) is 6.07 Å². The quantitative estimate of drug-likeness (QED) is 0.649. The first-order valence-electron chi connectivity index (χ1n) is 8.70. The van der Waals surface area contributed by atoms with E-state index in [1.807, 2.05) is 6.92 Å². The minimum Gasteiger partial charge on any atom is -0.354 e. The molecule has 0 radical (unpaired) electrons. The molecule has 0 aromatic carbocycles. The number of hydrogen-bond donors (Lipinski definition) is 2. The molecule has 27 heavy (non-hydrogen) atoms. The van der Waals surface area contributed by atoms with E-state index < -0.39 is 0 Å². The van der Waals surface area contributed by atoms with E-state index in [2.05, 4.69) is 25.9 Å². The van der Waals surface area contributed by atoms with Crippen molar-refractivity contribution in [2.45, 2.75) is 35.9 Å². The van der Waals surface area contributed by atoms with Crippen molar-refractivity contribution >= 4 is 40.2 Å². The van der Waals surface area contributed by atoms with Crippen molar-refractivity contribution in [3.63, 3.8) is 0 Å². The molecule has 3 aromatic rings. The Morgan fingerprint density at radius 1 is 1.44 bits per heavy atom. The first-order chi connectivity index (χ1) is 13.1. The fourth-order valence-corrected chi connectivity index (χ4v) is 4.34. The fraction of sp³-hybridized carbons (Fsp3) is 0.333. The summed E-state index contributed by atoms with van der Waals surface area (Å²) in [6.07, 6.45) is 4.93. The highest BCUT2D eigenvalue weighted by atomic mass is 35.5. The highest BCUT2D eigenvalue weighted by molar-refractivity contribution is 7.99. The molecule has 0 saturated carbocycles. The summed E-state index contributed by atoms with van der Waals surface area (Å²) in [4.78, 5) is 19.8. The first kappa shape index (κ1) is 18.0. The Hall–Kier alpha value is -2.34. The molecule has 3 N–H and O–H groups in total. The third-order valence-electron chi connectivity index (χ3n) is 4.55. The molecule has 9 heteroatoms. The molecule has 1 saturated heterocycles. The summed E-state index contributed by atoms with van der Waals surface area (Å²) < 4.78 is 0. The molecule has 0 bridgehead atoms. The minimum absolute atomic E-state index is 0.131. The number of nitrogens with two attached hydrogens (primary N) is 1. The first-order valence-corrected chi connectivity index (χ1v) is 9.90. The number of nitrogens with one attached hydrogen (secondary N) is 1. The van der Waals surface area contributed by atoms with Gasteiger partial charge in [0.05, 0.1) is 16.0 Å². The van der Waals surface area contributed by atoms with Crippen LogP contribution in [0.25, 0.3) is 11.0 Å². The van der Waals surface area contributed by atoms with Crippen LogP contribution in [0.1, 0.15) is 24.6 Å². The van der Waals surface area contributed by atoms with Crippen LogP contribution in [0.4, 0.5) is 5.82 Å². The number of H-pyrrole nitrogens is 1. The SMILES string of the molecule is CCc1[nH]c2nc(Sc3cncc(C#N)c3)nc(N3CC[C@@H](N)C3)c2c1Cl. The predicted molar refractivity (Wildman–Crippen MR) is 106 cm³/mol. The van der Waals surface area contributed by atoms with Gasteiger partial charge in [0.25, 0.3) is 0 Å². The van der Waals surface area contributed by atoms with Crippen molar-refractivity contribution < 1.29 is 0 Å². The van der Waals surface area contributed by atoms with E-state index in [1.165, 1.54) is 18.0 Å². The number of aromatic nitrogens is 4. The zero-order chi connectivity index (χ0) is 19.0. The highest BCUT2D eigenvalue weighted by Gasteiger charge is 2.26. The topological polar surface area (TPSA) is 108 Å². The number of aryl methyl sites for hydroxylation is 1. The highest BCUT2D eigenvalue weighted by Crippen LogP contribution is 2.37. The average molecular weight is 400 g/mol. The number of anilines is 1. The summed E-state index contributed by atoms with van der Waals surface area (Å²) in [7, 11) is 0. The molecule has 7 nitrogen and oxygen atoms in total. The van der Waals surface area contributed by atoms with Crippen molar-refractivity contribution in [1.82, 2.24) is 19.9 Å². The van der Waals surface area contributed by atoms with Crippen molar-refractivity contribution in [1.29, 1.82) is 5.26 Å². The van der Waals surface area contributed by atoms with Gasteiger partial charge < -0.3 is 15.6 Å². The normalized spacial score (nSPS) is 16.8. The molecule has 1 aliphatic rings. The van der Waals surface area contributed by atoms with Gasteiger partial charge in [-0.05, 0) is 30.7 Å². The lowest BCUT2D eigenvalue weighted by atomic mass is 10.3. The molecule has 0 unspecified atom stereocenters. The number of aromatic amines is 1. The monoisotopic (exact) mass is 399 g/mol. The van der Waals surface area contributed by atoms with Crippen LogP contribution in [-0.2, 0) is 6.42 Å². The van der Waals surface area contributed by atoms with Crippen molar-refractivity contribution in [2.24, 2.45) is 5.73 Å². The average Bonchev–Trinajstić information content (AvgIpc) is 3.24. The maximum absolute atomic E-state index is 9.07. The number of pyridine rings is 1. The summed E-state index contributed by atoms with van der Waals surface area (Å²) in [6.45, 7) is 3.63. The van der Waals surface area contributed by atoms with Crippen molar-refractivity contribution in [3.05, 3.63) is 34.7 Å². The van der Waals surface area contributed by atoms with Crippen LogP contribution in [0.3, 0.4) is 0 Å². The van der Waals surface area contributed by atoms with E-state index in [9.17, 15) is 0 Å². The Morgan fingerprint density at radius 3 is 3.00 bits per heavy atom. The Labute approximate surface area is 166 Å². The number of nitrogens with zero attached hydrogens (tertiary/aromatic N) is 5. The molecule has 1 fully saturated rings. The Balaban J connectivity index is 1.80. The van der Waals surface area contributed by atoms with Crippen LogP contribution in [0.2, 0.25) is 5.02 Å². The summed E-state index contributed by atoms with van der Waals surface area (Å²) in [5, 5.41) is 11.2. The van der Waals surface area contributed by atoms with E-state index in [4.69, 9.17) is 27.6 Å². The molecule has 4 rings (SSSR count). The van der Waals surface area contributed by atoms with E-state index in [1.54, 1.807) is 12.3 Å². The van der Waals surface area contributed by atoms with E-state index in [0.29, 0.717) is 21.4 Å². The molecule has 0 spiro atoms. The number of rotatable bonds is 4.